The van der Waals surface area contributed by atoms with E-state index in [2.05, 4.69) is 13.8 Å². The largest absolute Gasteiger partial charge is 0.396 e. The Hall–Kier alpha value is 0.540. The lowest BCUT2D eigenvalue weighted by atomic mass is 9.93. The number of unbranched alkanes of at least 4 members (excludes halogenated alkanes) is 30. The molecular weight excluding hydrogens is 682 g/mol. The Morgan fingerprint density at radius 1 is 0.333 bits per heavy atom. The van der Waals surface area contributed by atoms with Gasteiger partial charge in [-0.1, -0.05) is 206 Å². The molecule has 10 heteroatoms. The summed E-state index contributed by atoms with van der Waals surface area (Å²) in [6, 6.07) is 0. The van der Waals surface area contributed by atoms with Crippen LogP contribution in [0.2, 0.25) is 0 Å². The van der Waals surface area contributed by atoms with Crippen LogP contribution in [0.15, 0.2) is 0 Å². The van der Waals surface area contributed by atoms with Gasteiger partial charge in [0.15, 0.2) is 0 Å². The molecule has 0 aliphatic carbocycles. The molecule has 0 aromatic heterocycles. The van der Waals surface area contributed by atoms with Crippen molar-refractivity contribution in [2.75, 3.05) is 39.6 Å². The zero-order valence-electron chi connectivity index (χ0n) is 33.7. The van der Waals surface area contributed by atoms with Crippen molar-refractivity contribution in [2.45, 2.75) is 219 Å². The SMILES string of the molecule is CCCCCCCCCCCCCCCCCCOP(O)OCC(CO)(CO)COP(O)OCCCCCCCCCCCCCCCCCC. The molecule has 0 rings (SSSR count). The van der Waals surface area contributed by atoms with Crippen LogP contribution < -0.4 is 0 Å². The van der Waals surface area contributed by atoms with E-state index in [1.54, 1.807) is 0 Å². The molecule has 0 saturated heterocycles. The third-order valence-corrected chi connectivity index (χ3v) is 11.5. The Morgan fingerprint density at radius 3 is 0.765 bits per heavy atom. The summed E-state index contributed by atoms with van der Waals surface area (Å²) < 4.78 is 21.7. The van der Waals surface area contributed by atoms with Crippen molar-refractivity contribution in [3.05, 3.63) is 0 Å². The van der Waals surface area contributed by atoms with Crippen LogP contribution in [0, 0.1) is 5.41 Å². The predicted molar refractivity (Wildman–Crippen MR) is 218 cm³/mol. The molecule has 0 bridgehead atoms. The smallest absolute Gasteiger partial charge is 0.329 e. The van der Waals surface area contributed by atoms with E-state index in [0.717, 1.165) is 25.7 Å². The van der Waals surface area contributed by atoms with E-state index in [4.69, 9.17) is 18.1 Å². The summed E-state index contributed by atoms with van der Waals surface area (Å²) in [4.78, 5) is 20.3. The van der Waals surface area contributed by atoms with Crippen molar-refractivity contribution >= 4 is 17.2 Å². The van der Waals surface area contributed by atoms with E-state index >= 15 is 0 Å². The van der Waals surface area contributed by atoms with Crippen LogP contribution in [0.4, 0.5) is 0 Å². The molecule has 308 valence electrons. The fourth-order valence-corrected chi connectivity index (χ4v) is 7.81. The highest BCUT2D eigenvalue weighted by atomic mass is 31.2. The number of hydrogen-bond donors (Lipinski definition) is 4. The molecule has 0 aromatic carbocycles. The molecule has 0 radical (unpaired) electrons. The van der Waals surface area contributed by atoms with E-state index in [1.165, 1.54) is 180 Å². The highest BCUT2D eigenvalue weighted by molar-refractivity contribution is 7.40. The molecule has 2 atom stereocenters. The van der Waals surface area contributed by atoms with Crippen LogP contribution >= 0.6 is 17.2 Å². The van der Waals surface area contributed by atoms with Gasteiger partial charge in [0.25, 0.3) is 0 Å². The molecule has 0 fully saturated rings. The van der Waals surface area contributed by atoms with Crippen molar-refractivity contribution in [1.82, 2.24) is 0 Å². The van der Waals surface area contributed by atoms with Crippen molar-refractivity contribution in [1.29, 1.82) is 0 Å². The minimum Gasteiger partial charge on any atom is -0.396 e. The Morgan fingerprint density at radius 2 is 0.549 bits per heavy atom. The van der Waals surface area contributed by atoms with Gasteiger partial charge >= 0.3 is 17.2 Å². The minimum absolute atomic E-state index is 0.149. The van der Waals surface area contributed by atoms with E-state index in [-0.39, 0.29) is 13.2 Å². The first-order chi connectivity index (χ1) is 25.0. The molecule has 0 aromatic rings. The van der Waals surface area contributed by atoms with Gasteiger partial charge in [-0.25, -0.2) is 0 Å². The number of rotatable bonds is 44. The molecule has 8 nitrogen and oxygen atoms in total. The molecule has 0 aliphatic rings. The summed E-state index contributed by atoms with van der Waals surface area (Å²) in [5.41, 5.74) is -1.16. The van der Waals surface area contributed by atoms with Crippen LogP contribution in [-0.4, -0.2) is 59.6 Å². The zero-order valence-corrected chi connectivity index (χ0v) is 35.5. The molecule has 0 aliphatic heterocycles. The molecule has 0 saturated carbocycles. The van der Waals surface area contributed by atoms with Crippen LogP contribution in [0.3, 0.4) is 0 Å². The van der Waals surface area contributed by atoms with E-state index < -0.39 is 35.8 Å². The maximum absolute atomic E-state index is 10.2. The second kappa shape index (κ2) is 41.7. The first-order valence-corrected chi connectivity index (χ1v) is 24.0. The second-order valence-corrected chi connectivity index (χ2v) is 17.1. The average molecular weight is 769 g/mol. The fraction of sp³-hybridized carbons (Fsp3) is 1.00. The van der Waals surface area contributed by atoms with Gasteiger partial charge in [0, 0.05) is 0 Å². The molecule has 0 spiro atoms. The highest BCUT2D eigenvalue weighted by Crippen LogP contribution is 2.39. The Bertz CT molecular complexity index is 609. The van der Waals surface area contributed by atoms with Gasteiger partial charge in [-0.15, -0.1) is 0 Å². The molecule has 2 unspecified atom stereocenters. The van der Waals surface area contributed by atoms with Gasteiger partial charge in [-0.3, -0.25) is 0 Å². The lowest BCUT2D eigenvalue weighted by molar-refractivity contribution is -0.0263. The highest BCUT2D eigenvalue weighted by Gasteiger charge is 2.33. The summed E-state index contributed by atoms with van der Waals surface area (Å²) in [5, 5.41) is 19.8. The van der Waals surface area contributed by atoms with Gasteiger partial charge in [0.2, 0.25) is 0 Å². The summed E-state index contributed by atoms with van der Waals surface area (Å²) >= 11 is 0. The van der Waals surface area contributed by atoms with Gasteiger partial charge in [0.05, 0.1) is 45.1 Å². The summed E-state index contributed by atoms with van der Waals surface area (Å²) in [6.07, 6.45) is 41.7. The van der Waals surface area contributed by atoms with Crippen LogP contribution in [0.25, 0.3) is 0 Å². The fourth-order valence-electron chi connectivity index (χ4n) is 6.32. The maximum atomic E-state index is 10.2. The lowest BCUT2D eigenvalue weighted by Crippen LogP contribution is -2.39. The van der Waals surface area contributed by atoms with Crippen molar-refractivity contribution in [3.8, 4) is 0 Å². The van der Waals surface area contributed by atoms with E-state index in [9.17, 15) is 20.0 Å². The van der Waals surface area contributed by atoms with Gasteiger partial charge in [0.1, 0.15) is 0 Å². The van der Waals surface area contributed by atoms with Gasteiger partial charge in [-0.05, 0) is 12.8 Å². The van der Waals surface area contributed by atoms with Crippen molar-refractivity contribution in [3.63, 3.8) is 0 Å². The maximum Gasteiger partial charge on any atom is 0.329 e. The molecule has 0 amide bonds. The molecule has 51 heavy (non-hydrogen) atoms. The molecule has 4 N–H and O–H groups in total. The van der Waals surface area contributed by atoms with Gasteiger partial charge < -0.3 is 38.1 Å². The quantitative estimate of drug-likeness (QED) is 0.0357. The number of aliphatic hydroxyl groups is 2. The molecule has 0 heterocycles. The van der Waals surface area contributed by atoms with E-state index in [1.807, 2.05) is 0 Å². The standard InChI is InChI=1S/C41H86O8P2/c1-3-5-7-9-11-13-15-17-19-21-23-25-27-29-31-33-35-46-50(44)48-39-41(37-42,38-43)40-49-51(45)47-36-34-32-30-28-26-24-22-20-18-16-14-12-10-8-6-4-2/h42-45H,3-40H2,1-2H3. The first-order valence-electron chi connectivity index (χ1n) is 21.7. The van der Waals surface area contributed by atoms with Crippen molar-refractivity contribution < 1.29 is 38.1 Å². The normalized spacial score (nSPS) is 13.3. The predicted octanol–water partition coefficient (Wildman–Crippen LogP) is 13.0. The Labute approximate surface area is 318 Å². The third kappa shape index (κ3) is 37.2. The Balaban J connectivity index is 3.67. The summed E-state index contributed by atoms with van der Waals surface area (Å²) in [7, 11) is -4.24. The van der Waals surface area contributed by atoms with E-state index in [0.29, 0.717) is 13.2 Å². The van der Waals surface area contributed by atoms with Crippen LogP contribution in [0.1, 0.15) is 219 Å². The average Bonchev–Trinajstić information content (AvgIpc) is 3.14. The van der Waals surface area contributed by atoms with Crippen molar-refractivity contribution in [2.24, 2.45) is 5.41 Å². The molecular formula is C41H86O8P2. The third-order valence-electron chi connectivity index (χ3n) is 10.0. The van der Waals surface area contributed by atoms with Crippen LogP contribution in [0.5, 0.6) is 0 Å². The minimum atomic E-state index is -2.12. The first kappa shape index (κ1) is 51.5. The van der Waals surface area contributed by atoms with Gasteiger partial charge in [-0.2, -0.15) is 0 Å². The van der Waals surface area contributed by atoms with Crippen LogP contribution in [-0.2, 0) is 18.1 Å². The summed E-state index contributed by atoms with van der Waals surface area (Å²) in [6.45, 7) is 4.23. The monoisotopic (exact) mass is 769 g/mol. The zero-order chi connectivity index (χ0) is 37.4. The number of hydrogen-bond acceptors (Lipinski definition) is 8. The topological polar surface area (TPSA) is 118 Å². The lowest BCUT2D eigenvalue weighted by Gasteiger charge is -2.30. The Kier molecular flexibility index (Phi) is 42.1. The second-order valence-electron chi connectivity index (χ2n) is 15.1. The number of aliphatic hydroxyl groups excluding tert-OH is 2. The summed E-state index contributed by atoms with van der Waals surface area (Å²) in [5.74, 6) is 0.